The Balaban J connectivity index is 0.00000133. The zero-order valence-electron chi connectivity index (χ0n) is 18.3. The van der Waals surface area contributed by atoms with E-state index in [1.165, 1.54) is 13.8 Å². The molecule has 0 aliphatic carbocycles. The van der Waals surface area contributed by atoms with E-state index in [1.807, 2.05) is 49.4 Å². The van der Waals surface area contributed by atoms with Crippen molar-refractivity contribution in [1.82, 2.24) is 10.6 Å². The lowest BCUT2D eigenvalue weighted by molar-refractivity contribution is -0.127. The molecular formula is C24H36N2O5. The summed E-state index contributed by atoms with van der Waals surface area (Å²) >= 11 is 0. The Hall–Kier alpha value is -2.74. The first-order chi connectivity index (χ1) is 14.6. The third kappa shape index (κ3) is 9.74. The zero-order chi connectivity index (χ0) is 22.9. The summed E-state index contributed by atoms with van der Waals surface area (Å²) in [4.78, 5) is 24.2. The van der Waals surface area contributed by atoms with Crippen LogP contribution in [-0.4, -0.2) is 53.6 Å². The Morgan fingerprint density at radius 1 is 0.968 bits per heavy atom. The second-order valence-electron chi connectivity index (χ2n) is 8.20. The summed E-state index contributed by atoms with van der Waals surface area (Å²) in [5.41, 5.74) is 2.44. The lowest BCUT2D eigenvalue weighted by Gasteiger charge is -2.12. The van der Waals surface area contributed by atoms with Crippen molar-refractivity contribution < 1.29 is 27.4 Å². The summed E-state index contributed by atoms with van der Waals surface area (Å²) < 4.78 is 5.74. The summed E-state index contributed by atoms with van der Waals surface area (Å²) in [6, 6.07) is 16.7. The van der Waals surface area contributed by atoms with Gasteiger partial charge in [0.25, 0.3) is 11.8 Å². The van der Waals surface area contributed by atoms with E-state index in [-0.39, 0.29) is 26.7 Å². The van der Waals surface area contributed by atoms with Gasteiger partial charge in [-0.05, 0) is 51.5 Å². The third-order valence-electron chi connectivity index (χ3n) is 4.56. The molecule has 0 unspecified atom stereocenters. The monoisotopic (exact) mass is 432 g/mol. The number of aliphatic hydroxyl groups is 2. The number of benzene rings is 2. The number of carbonyl (C=O) groups is 2. The quantitative estimate of drug-likeness (QED) is 0.525. The lowest BCUT2D eigenvalue weighted by Crippen LogP contribution is -2.32. The Morgan fingerprint density at radius 2 is 1.48 bits per heavy atom. The van der Waals surface area contributed by atoms with E-state index in [0.717, 1.165) is 12.0 Å². The van der Waals surface area contributed by atoms with Gasteiger partial charge in [0.2, 0.25) is 0 Å². The molecule has 0 aromatic heterocycles. The van der Waals surface area contributed by atoms with E-state index in [4.69, 9.17) is 14.9 Å². The molecule has 4 N–H and O–H groups in total. The molecule has 3 rings (SSSR count). The average molecular weight is 433 g/mol. The van der Waals surface area contributed by atoms with Crippen LogP contribution in [0.1, 0.15) is 49.4 Å². The fourth-order valence-corrected chi connectivity index (χ4v) is 3.01. The minimum Gasteiger partial charge on any atom is -0.376 e. The first-order valence-corrected chi connectivity index (χ1v) is 10.4. The van der Waals surface area contributed by atoms with Crippen molar-refractivity contribution in [2.45, 2.75) is 39.1 Å². The summed E-state index contributed by atoms with van der Waals surface area (Å²) in [7, 11) is 0. The van der Waals surface area contributed by atoms with Crippen LogP contribution in [0.2, 0.25) is 0 Å². The Bertz CT molecular complexity index is 836. The molecule has 0 bridgehead atoms. The zero-order valence-corrected chi connectivity index (χ0v) is 18.3. The smallest absolute Gasteiger partial charge is 0.251 e. The van der Waals surface area contributed by atoms with Crippen molar-refractivity contribution in [2.75, 3.05) is 19.7 Å². The van der Waals surface area contributed by atoms with E-state index in [1.54, 1.807) is 12.1 Å². The second-order valence-corrected chi connectivity index (χ2v) is 8.20. The van der Waals surface area contributed by atoms with Gasteiger partial charge in [-0.3, -0.25) is 9.59 Å². The molecule has 7 nitrogen and oxygen atoms in total. The minimum atomic E-state index is -1.50. The molecule has 0 saturated carbocycles. The SMILES string of the molecule is CC(C)(O)O.Cc1ccc(C(=O)NC[C@@H]2C[C@H](CNC(=O)c3ccccc3)CO2)cc1.[HH].[HH]. The van der Waals surface area contributed by atoms with Crippen LogP contribution in [0.5, 0.6) is 0 Å². The van der Waals surface area contributed by atoms with Gasteiger partial charge in [-0.25, -0.2) is 0 Å². The molecule has 172 valence electrons. The van der Waals surface area contributed by atoms with Gasteiger partial charge in [0.15, 0.2) is 5.79 Å². The highest BCUT2D eigenvalue weighted by Gasteiger charge is 2.26. The van der Waals surface area contributed by atoms with Crippen LogP contribution in [0, 0.1) is 12.8 Å². The number of aryl methyl sites for hydroxylation is 1. The van der Waals surface area contributed by atoms with Crippen LogP contribution in [0.15, 0.2) is 54.6 Å². The van der Waals surface area contributed by atoms with E-state index < -0.39 is 5.79 Å². The number of rotatable bonds is 6. The van der Waals surface area contributed by atoms with Crippen molar-refractivity contribution in [3.8, 4) is 0 Å². The first-order valence-electron chi connectivity index (χ1n) is 10.4. The molecule has 2 atom stereocenters. The molecule has 31 heavy (non-hydrogen) atoms. The fraction of sp³-hybridized carbons (Fsp3) is 0.417. The summed E-state index contributed by atoms with van der Waals surface area (Å²) in [6.07, 6.45) is 0.812. The number of carbonyl (C=O) groups excluding carboxylic acids is 2. The van der Waals surface area contributed by atoms with Crippen molar-refractivity contribution in [3.05, 3.63) is 71.3 Å². The van der Waals surface area contributed by atoms with E-state index in [0.29, 0.717) is 30.8 Å². The van der Waals surface area contributed by atoms with Crippen molar-refractivity contribution in [2.24, 2.45) is 5.92 Å². The van der Waals surface area contributed by atoms with Gasteiger partial charge in [0, 0.05) is 33.0 Å². The van der Waals surface area contributed by atoms with Crippen LogP contribution < -0.4 is 10.6 Å². The summed E-state index contributed by atoms with van der Waals surface area (Å²) in [5, 5.41) is 22.0. The van der Waals surface area contributed by atoms with Gasteiger partial charge < -0.3 is 25.6 Å². The highest BCUT2D eigenvalue weighted by molar-refractivity contribution is 5.94. The molecule has 0 spiro atoms. The Morgan fingerprint density at radius 3 is 2.06 bits per heavy atom. The van der Waals surface area contributed by atoms with Crippen molar-refractivity contribution >= 4 is 11.8 Å². The maximum absolute atomic E-state index is 12.1. The predicted molar refractivity (Wildman–Crippen MR) is 123 cm³/mol. The Labute approximate surface area is 186 Å². The number of ether oxygens (including phenoxy) is 1. The van der Waals surface area contributed by atoms with Gasteiger partial charge in [0.05, 0.1) is 12.7 Å². The molecule has 1 aliphatic rings. The third-order valence-corrected chi connectivity index (χ3v) is 4.56. The van der Waals surface area contributed by atoms with Gasteiger partial charge in [0.1, 0.15) is 0 Å². The molecule has 1 heterocycles. The van der Waals surface area contributed by atoms with Gasteiger partial charge >= 0.3 is 0 Å². The van der Waals surface area contributed by atoms with Gasteiger partial charge in [-0.15, -0.1) is 0 Å². The van der Waals surface area contributed by atoms with E-state index in [9.17, 15) is 9.59 Å². The number of nitrogens with one attached hydrogen (secondary N) is 2. The fourth-order valence-electron chi connectivity index (χ4n) is 3.01. The van der Waals surface area contributed by atoms with Gasteiger partial charge in [-0.2, -0.15) is 0 Å². The normalized spacial score (nSPS) is 18.0. The largest absolute Gasteiger partial charge is 0.376 e. The molecule has 0 radical (unpaired) electrons. The predicted octanol–water partition coefficient (Wildman–Crippen LogP) is 2.76. The molecule has 1 aliphatic heterocycles. The van der Waals surface area contributed by atoms with Crippen LogP contribution in [0.25, 0.3) is 0 Å². The van der Waals surface area contributed by atoms with Crippen LogP contribution in [0.4, 0.5) is 0 Å². The Kier molecular flexibility index (Phi) is 9.18. The molecule has 2 amide bonds. The molecule has 7 heteroatoms. The topological polar surface area (TPSA) is 108 Å². The number of hydrogen-bond donors (Lipinski definition) is 4. The van der Waals surface area contributed by atoms with Gasteiger partial charge in [-0.1, -0.05) is 35.9 Å². The maximum Gasteiger partial charge on any atom is 0.251 e. The maximum atomic E-state index is 12.1. The second kappa shape index (κ2) is 11.6. The number of hydrogen-bond acceptors (Lipinski definition) is 5. The van der Waals surface area contributed by atoms with E-state index in [2.05, 4.69) is 10.6 Å². The summed E-state index contributed by atoms with van der Waals surface area (Å²) in [5.74, 6) is -1.39. The van der Waals surface area contributed by atoms with Crippen molar-refractivity contribution in [3.63, 3.8) is 0 Å². The van der Waals surface area contributed by atoms with Crippen LogP contribution in [-0.2, 0) is 4.74 Å². The van der Waals surface area contributed by atoms with E-state index >= 15 is 0 Å². The minimum absolute atomic E-state index is 0. The first kappa shape index (κ1) is 24.5. The average Bonchev–Trinajstić information content (AvgIpc) is 3.18. The molecule has 1 saturated heterocycles. The molecule has 2 aromatic carbocycles. The van der Waals surface area contributed by atoms with Crippen molar-refractivity contribution in [1.29, 1.82) is 0 Å². The molecular weight excluding hydrogens is 396 g/mol. The summed E-state index contributed by atoms with van der Waals surface area (Å²) in [6.45, 7) is 6.25. The molecule has 1 fully saturated rings. The van der Waals surface area contributed by atoms with Crippen LogP contribution in [0.3, 0.4) is 0 Å². The highest BCUT2D eigenvalue weighted by atomic mass is 16.5. The lowest BCUT2D eigenvalue weighted by atomic mass is 10.1. The molecule has 2 aromatic rings. The number of amides is 2. The van der Waals surface area contributed by atoms with Crippen LogP contribution >= 0.6 is 0 Å². The highest BCUT2D eigenvalue weighted by Crippen LogP contribution is 2.18. The standard InChI is InChI=1S/C21H24N2O3.C3H8O2.2H2/c1-15-7-9-18(10-8-15)21(25)23-13-19-11-16(14-26-19)12-22-20(24)17-5-3-2-4-6-17;1-3(2,4)5;;/h2-10,16,19H,11-14H2,1H3,(H,22,24)(H,23,25);4-5H,1-2H3;2*1H/t16-,19+;;;/m1.../s1.